The molecule has 198 valence electrons. The van der Waals surface area contributed by atoms with Crippen molar-refractivity contribution in [2.75, 3.05) is 45.9 Å². The van der Waals surface area contributed by atoms with Gasteiger partial charge in [0, 0.05) is 38.1 Å². The lowest BCUT2D eigenvalue weighted by Gasteiger charge is -2.49. The van der Waals surface area contributed by atoms with Crippen LogP contribution >= 0.6 is 0 Å². The molecule has 7 nitrogen and oxygen atoms in total. The van der Waals surface area contributed by atoms with Gasteiger partial charge in [0.05, 0.1) is 6.61 Å². The molecule has 0 unspecified atom stereocenters. The molecular weight excluding hydrogens is 473 g/mol. The van der Waals surface area contributed by atoms with Gasteiger partial charge in [-0.15, -0.1) is 0 Å². The summed E-state index contributed by atoms with van der Waals surface area (Å²) >= 11 is 0. The Kier molecular flexibility index (Phi) is 7.65. The van der Waals surface area contributed by atoms with Gasteiger partial charge < -0.3 is 24.2 Å². The zero-order valence-corrected chi connectivity index (χ0v) is 21.5. The third-order valence-corrected chi connectivity index (χ3v) is 8.19. The molecule has 3 heterocycles. The van der Waals surface area contributed by atoms with Crippen LogP contribution in [0.3, 0.4) is 0 Å². The molecule has 2 amide bonds. The third-order valence-electron chi connectivity index (χ3n) is 8.19. The van der Waals surface area contributed by atoms with Gasteiger partial charge in [0.2, 0.25) is 0 Å². The minimum atomic E-state index is -0.392. The second-order valence-corrected chi connectivity index (χ2v) is 10.5. The number of fused-ring (bicyclic) bond motifs is 2. The molecule has 2 fully saturated rings. The van der Waals surface area contributed by atoms with Crippen LogP contribution in [0.15, 0.2) is 48.5 Å². The smallest absolute Gasteiger partial charge is 0.415 e. The van der Waals surface area contributed by atoms with Crippen molar-refractivity contribution in [2.45, 2.75) is 44.6 Å². The minimum absolute atomic E-state index is 0.0968. The van der Waals surface area contributed by atoms with E-state index >= 15 is 0 Å². The lowest BCUT2D eigenvalue weighted by Crippen LogP contribution is -2.54. The summed E-state index contributed by atoms with van der Waals surface area (Å²) in [4.78, 5) is 31.3. The van der Waals surface area contributed by atoms with E-state index in [1.807, 2.05) is 17.9 Å². The summed E-state index contributed by atoms with van der Waals surface area (Å²) in [5.74, 6) is 0.575. The Labute approximate surface area is 218 Å². The van der Waals surface area contributed by atoms with Crippen LogP contribution in [0.2, 0.25) is 0 Å². The summed E-state index contributed by atoms with van der Waals surface area (Å²) in [6, 6.07) is 14.0. The second kappa shape index (κ2) is 11.1. The van der Waals surface area contributed by atoms with Crippen LogP contribution in [-0.2, 0) is 16.7 Å². The molecule has 3 aliphatic rings. The largest absolute Gasteiger partial charge is 0.450 e. The molecule has 0 atom stereocenters. The number of halogens is 1. The van der Waals surface area contributed by atoms with Crippen molar-refractivity contribution in [3.8, 4) is 5.75 Å². The van der Waals surface area contributed by atoms with Gasteiger partial charge in [0.15, 0.2) is 0 Å². The van der Waals surface area contributed by atoms with Crippen LogP contribution in [0, 0.1) is 11.7 Å². The van der Waals surface area contributed by atoms with Gasteiger partial charge in [-0.25, -0.2) is 14.0 Å². The molecule has 2 aromatic rings. The summed E-state index contributed by atoms with van der Waals surface area (Å²) in [6.07, 6.45) is 3.38. The summed E-state index contributed by atoms with van der Waals surface area (Å²) in [6.45, 7) is 7.92. The first-order valence-electron chi connectivity index (χ1n) is 13.4. The summed E-state index contributed by atoms with van der Waals surface area (Å²) in [5, 5.41) is 0. The Morgan fingerprint density at radius 1 is 0.946 bits per heavy atom. The third kappa shape index (κ3) is 5.74. The Morgan fingerprint density at radius 2 is 1.65 bits per heavy atom. The standard InChI is InChI=1S/C29H36FN3O4/c1-2-36-27(34)32-15-11-22(12-16-32)19-31-17-13-29(14-18-31)21-33(20-23-5-3-4-6-26(23)29)28(35)37-25-9-7-24(30)8-10-25/h3-10,22H,2,11-21H2,1H3. The number of likely N-dealkylation sites (tertiary alicyclic amines) is 2. The molecule has 2 aromatic carbocycles. The first kappa shape index (κ1) is 25.5. The number of carbonyl (C=O) groups excluding carboxylic acids is 2. The Bertz CT molecular complexity index is 1090. The number of benzene rings is 2. The highest BCUT2D eigenvalue weighted by Crippen LogP contribution is 2.42. The SMILES string of the molecule is CCOC(=O)N1CCC(CN2CCC3(CC2)CN(C(=O)Oc2ccc(F)cc2)Cc2ccccc23)CC1. The maximum atomic E-state index is 13.3. The van der Waals surface area contributed by atoms with Crippen molar-refractivity contribution in [3.63, 3.8) is 0 Å². The van der Waals surface area contributed by atoms with Gasteiger partial charge >= 0.3 is 12.2 Å². The van der Waals surface area contributed by atoms with Crippen LogP contribution in [0.1, 0.15) is 43.7 Å². The first-order valence-corrected chi connectivity index (χ1v) is 13.4. The van der Waals surface area contributed by atoms with E-state index in [-0.39, 0.29) is 17.3 Å². The van der Waals surface area contributed by atoms with E-state index in [2.05, 4.69) is 23.1 Å². The van der Waals surface area contributed by atoms with Gasteiger partial charge in [0.25, 0.3) is 0 Å². The topological polar surface area (TPSA) is 62.3 Å². The van der Waals surface area contributed by atoms with Crippen LogP contribution in [-0.4, -0.2) is 72.8 Å². The van der Waals surface area contributed by atoms with E-state index in [9.17, 15) is 14.0 Å². The maximum absolute atomic E-state index is 13.3. The first-order chi connectivity index (χ1) is 18.0. The second-order valence-electron chi connectivity index (χ2n) is 10.5. The summed E-state index contributed by atoms with van der Waals surface area (Å²) < 4.78 is 24.0. The fourth-order valence-corrected chi connectivity index (χ4v) is 6.15. The number of nitrogens with zero attached hydrogens (tertiary/aromatic N) is 3. The Hall–Kier alpha value is -3.13. The highest BCUT2D eigenvalue weighted by atomic mass is 19.1. The fraction of sp³-hybridized carbons (Fsp3) is 0.517. The van der Waals surface area contributed by atoms with Crippen molar-refractivity contribution in [1.82, 2.24) is 14.7 Å². The van der Waals surface area contributed by atoms with Gasteiger partial charge in [-0.3, -0.25) is 0 Å². The zero-order chi connectivity index (χ0) is 25.8. The van der Waals surface area contributed by atoms with Crippen molar-refractivity contribution in [3.05, 3.63) is 65.5 Å². The van der Waals surface area contributed by atoms with E-state index < -0.39 is 6.09 Å². The molecule has 37 heavy (non-hydrogen) atoms. The number of ether oxygens (including phenoxy) is 2. The zero-order valence-electron chi connectivity index (χ0n) is 21.5. The minimum Gasteiger partial charge on any atom is -0.450 e. The van der Waals surface area contributed by atoms with E-state index in [0.29, 0.717) is 31.4 Å². The van der Waals surface area contributed by atoms with Crippen LogP contribution in [0.5, 0.6) is 5.75 Å². The predicted octanol–water partition coefficient (Wildman–Crippen LogP) is 5.04. The molecule has 0 radical (unpaired) electrons. The molecule has 3 aliphatic heterocycles. The van der Waals surface area contributed by atoms with E-state index in [1.54, 1.807) is 4.90 Å². The van der Waals surface area contributed by atoms with Crippen LogP contribution < -0.4 is 4.74 Å². The van der Waals surface area contributed by atoms with Crippen molar-refractivity contribution in [2.24, 2.45) is 5.92 Å². The maximum Gasteiger partial charge on any atom is 0.415 e. The number of amides is 2. The lowest BCUT2D eigenvalue weighted by molar-refractivity contribution is 0.0683. The molecule has 0 bridgehead atoms. The van der Waals surface area contributed by atoms with Gasteiger partial charge in [0.1, 0.15) is 11.6 Å². The number of carbonyl (C=O) groups is 2. The number of hydrogen-bond donors (Lipinski definition) is 0. The average Bonchev–Trinajstić information content (AvgIpc) is 2.92. The molecule has 1 spiro atoms. The predicted molar refractivity (Wildman–Crippen MR) is 138 cm³/mol. The van der Waals surface area contributed by atoms with Gasteiger partial charge in [-0.05, 0) is 87.0 Å². The Balaban J connectivity index is 1.20. The highest BCUT2D eigenvalue weighted by molar-refractivity contribution is 5.71. The van der Waals surface area contributed by atoms with Gasteiger partial charge in [-0.1, -0.05) is 24.3 Å². The van der Waals surface area contributed by atoms with Crippen molar-refractivity contribution < 1.29 is 23.5 Å². The van der Waals surface area contributed by atoms with E-state index in [1.165, 1.54) is 35.4 Å². The number of piperidine rings is 2. The monoisotopic (exact) mass is 509 g/mol. The molecule has 8 heteroatoms. The van der Waals surface area contributed by atoms with Gasteiger partial charge in [-0.2, -0.15) is 0 Å². The fourth-order valence-electron chi connectivity index (χ4n) is 6.15. The molecule has 0 saturated carbocycles. The van der Waals surface area contributed by atoms with Crippen LogP contribution in [0.25, 0.3) is 0 Å². The summed E-state index contributed by atoms with van der Waals surface area (Å²) in [5.41, 5.74) is 2.42. The highest BCUT2D eigenvalue weighted by Gasteiger charge is 2.43. The molecule has 0 aromatic heterocycles. The van der Waals surface area contributed by atoms with E-state index in [0.717, 1.165) is 58.4 Å². The van der Waals surface area contributed by atoms with E-state index in [4.69, 9.17) is 9.47 Å². The molecular formula is C29H36FN3O4. The normalized spacial score (nSPS) is 19.9. The molecule has 0 N–H and O–H groups in total. The average molecular weight is 510 g/mol. The van der Waals surface area contributed by atoms with Crippen LogP contribution in [0.4, 0.5) is 14.0 Å². The molecule has 0 aliphatic carbocycles. The summed E-state index contributed by atoms with van der Waals surface area (Å²) in [7, 11) is 0. The Morgan fingerprint density at radius 3 is 2.35 bits per heavy atom. The van der Waals surface area contributed by atoms with Crippen molar-refractivity contribution in [1.29, 1.82) is 0 Å². The van der Waals surface area contributed by atoms with Crippen molar-refractivity contribution >= 4 is 12.2 Å². The number of rotatable bonds is 4. The lowest BCUT2D eigenvalue weighted by atomic mass is 9.69. The number of hydrogen-bond acceptors (Lipinski definition) is 5. The molecule has 2 saturated heterocycles. The molecule has 5 rings (SSSR count). The quantitative estimate of drug-likeness (QED) is 0.578.